The molecule has 1 aliphatic carbocycles. The van der Waals surface area contributed by atoms with E-state index in [1.54, 1.807) is 0 Å². The van der Waals surface area contributed by atoms with Gasteiger partial charge in [-0.15, -0.1) is 0 Å². The smallest absolute Gasteiger partial charge is 0.164 e. The van der Waals surface area contributed by atoms with Crippen molar-refractivity contribution >= 4 is 5.78 Å². The van der Waals surface area contributed by atoms with Crippen LogP contribution in [0.15, 0.2) is 18.2 Å². The molecule has 1 aliphatic heterocycles. The maximum atomic E-state index is 12.4. The summed E-state index contributed by atoms with van der Waals surface area (Å²) in [5.74, 6) is 1.01. The predicted molar refractivity (Wildman–Crippen MR) is 81.6 cm³/mol. The molecule has 0 unspecified atom stereocenters. The Bertz CT molecular complexity index is 513. The van der Waals surface area contributed by atoms with Gasteiger partial charge in [-0.05, 0) is 36.5 Å². The molecule has 0 amide bonds. The van der Waals surface area contributed by atoms with Crippen molar-refractivity contribution in [2.24, 2.45) is 0 Å². The van der Waals surface area contributed by atoms with E-state index in [0.29, 0.717) is 25.7 Å². The lowest BCUT2D eigenvalue weighted by Gasteiger charge is -2.24. The standard InChI is InChI=1S/C18H24O3/c19-17(18(20)10-3-1-2-4-11-18)8-6-14-5-7-16-15(13-14)9-12-21-16/h5,7,13,20H,1-4,6,8-12H2. The van der Waals surface area contributed by atoms with E-state index in [9.17, 15) is 9.90 Å². The van der Waals surface area contributed by atoms with Crippen LogP contribution < -0.4 is 4.74 Å². The van der Waals surface area contributed by atoms with Crippen LogP contribution >= 0.6 is 0 Å². The maximum absolute atomic E-state index is 12.4. The van der Waals surface area contributed by atoms with Crippen molar-refractivity contribution < 1.29 is 14.6 Å². The molecular weight excluding hydrogens is 264 g/mol. The van der Waals surface area contributed by atoms with Crippen molar-refractivity contribution in [3.63, 3.8) is 0 Å². The summed E-state index contributed by atoms with van der Waals surface area (Å²) in [4.78, 5) is 12.4. The van der Waals surface area contributed by atoms with Gasteiger partial charge in [0.1, 0.15) is 11.4 Å². The summed E-state index contributed by atoms with van der Waals surface area (Å²) in [7, 11) is 0. The third kappa shape index (κ3) is 3.29. The molecule has 21 heavy (non-hydrogen) atoms. The Morgan fingerprint density at radius 2 is 1.95 bits per heavy atom. The van der Waals surface area contributed by atoms with Gasteiger partial charge in [0.2, 0.25) is 0 Å². The Kier molecular flexibility index (Phi) is 4.29. The lowest BCUT2D eigenvalue weighted by atomic mass is 9.87. The van der Waals surface area contributed by atoms with Crippen LogP contribution in [0, 0.1) is 0 Å². The van der Waals surface area contributed by atoms with E-state index in [2.05, 4.69) is 6.07 Å². The first-order valence-electron chi connectivity index (χ1n) is 8.18. The third-order valence-electron chi connectivity index (χ3n) is 4.84. The molecule has 1 heterocycles. The molecule has 1 fully saturated rings. The molecule has 1 N–H and O–H groups in total. The number of hydrogen-bond donors (Lipinski definition) is 1. The Morgan fingerprint density at radius 1 is 1.19 bits per heavy atom. The summed E-state index contributed by atoms with van der Waals surface area (Å²) in [5, 5.41) is 10.6. The van der Waals surface area contributed by atoms with Gasteiger partial charge in [0.15, 0.2) is 5.78 Å². The van der Waals surface area contributed by atoms with E-state index in [4.69, 9.17) is 4.74 Å². The van der Waals surface area contributed by atoms with E-state index in [0.717, 1.165) is 44.5 Å². The Balaban J connectivity index is 1.60. The molecule has 3 heteroatoms. The number of Topliss-reactive ketones (excluding diaryl/α,β-unsaturated/α-hetero) is 1. The molecule has 0 aromatic heterocycles. The minimum absolute atomic E-state index is 0.0288. The van der Waals surface area contributed by atoms with Gasteiger partial charge >= 0.3 is 0 Å². The van der Waals surface area contributed by atoms with E-state index in [1.807, 2.05) is 12.1 Å². The summed E-state index contributed by atoms with van der Waals surface area (Å²) < 4.78 is 5.50. The number of carbonyl (C=O) groups is 1. The van der Waals surface area contributed by atoms with Crippen molar-refractivity contribution in [3.05, 3.63) is 29.3 Å². The zero-order chi connectivity index (χ0) is 14.7. The predicted octanol–water partition coefficient (Wildman–Crippen LogP) is 3.21. The highest BCUT2D eigenvalue weighted by Gasteiger charge is 2.35. The van der Waals surface area contributed by atoms with Crippen LogP contribution in [0.5, 0.6) is 5.75 Å². The largest absolute Gasteiger partial charge is 0.493 e. The number of ketones is 1. The number of hydrogen-bond acceptors (Lipinski definition) is 3. The minimum Gasteiger partial charge on any atom is -0.493 e. The van der Waals surface area contributed by atoms with E-state index in [-0.39, 0.29) is 5.78 Å². The van der Waals surface area contributed by atoms with Gasteiger partial charge in [-0.1, -0.05) is 37.8 Å². The van der Waals surface area contributed by atoms with Gasteiger partial charge in [-0.3, -0.25) is 4.79 Å². The summed E-state index contributed by atoms with van der Waals surface area (Å²) in [6.07, 6.45) is 7.62. The van der Waals surface area contributed by atoms with E-state index >= 15 is 0 Å². The highest BCUT2D eigenvalue weighted by atomic mass is 16.5. The van der Waals surface area contributed by atoms with Crippen LogP contribution in [0.2, 0.25) is 0 Å². The zero-order valence-corrected chi connectivity index (χ0v) is 12.6. The minimum atomic E-state index is -1.06. The first-order valence-corrected chi connectivity index (χ1v) is 8.18. The van der Waals surface area contributed by atoms with Crippen LogP contribution in [0.3, 0.4) is 0 Å². The van der Waals surface area contributed by atoms with Gasteiger partial charge in [0, 0.05) is 12.8 Å². The first kappa shape index (κ1) is 14.6. The molecule has 0 bridgehead atoms. The number of aryl methyl sites for hydroxylation is 1. The number of benzene rings is 1. The van der Waals surface area contributed by atoms with E-state index in [1.165, 1.54) is 11.1 Å². The maximum Gasteiger partial charge on any atom is 0.164 e. The van der Waals surface area contributed by atoms with E-state index < -0.39 is 5.60 Å². The average molecular weight is 288 g/mol. The molecule has 3 rings (SSSR count). The van der Waals surface area contributed by atoms with Gasteiger partial charge < -0.3 is 9.84 Å². The average Bonchev–Trinajstić information content (AvgIpc) is 2.84. The first-order chi connectivity index (χ1) is 10.2. The van der Waals surface area contributed by atoms with Crippen molar-refractivity contribution in [2.75, 3.05) is 6.61 Å². The fraction of sp³-hybridized carbons (Fsp3) is 0.611. The number of fused-ring (bicyclic) bond motifs is 1. The van der Waals surface area contributed by atoms with Crippen molar-refractivity contribution in [2.45, 2.75) is 63.4 Å². The molecule has 0 atom stereocenters. The zero-order valence-electron chi connectivity index (χ0n) is 12.6. The number of aliphatic hydroxyl groups is 1. The monoisotopic (exact) mass is 288 g/mol. The lowest BCUT2D eigenvalue weighted by Crippen LogP contribution is -2.38. The van der Waals surface area contributed by atoms with Gasteiger partial charge in [0.05, 0.1) is 6.61 Å². The van der Waals surface area contributed by atoms with Crippen LogP contribution in [0.25, 0.3) is 0 Å². The second-order valence-corrected chi connectivity index (χ2v) is 6.41. The SMILES string of the molecule is O=C(CCc1ccc2c(c1)CCO2)C1(O)CCCCCC1. The van der Waals surface area contributed by atoms with Crippen molar-refractivity contribution in [1.82, 2.24) is 0 Å². The lowest BCUT2D eigenvalue weighted by molar-refractivity contribution is -0.138. The quantitative estimate of drug-likeness (QED) is 0.865. The topological polar surface area (TPSA) is 46.5 Å². The molecular formula is C18H24O3. The van der Waals surface area contributed by atoms with Gasteiger partial charge in [-0.25, -0.2) is 0 Å². The Morgan fingerprint density at radius 3 is 2.71 bits per heavy atom. The molecule has 1 saturated carbocycles. The molecule has 2 aliphatic rings. The fourth-order valence-corrected chi connectivity index (χ4v) is 3.48. The highest BCUT2D eigenvalue weighted by molar-refractivity contribution is 5.87. The highest BCUT2D eigenvalue weighted by Crippen LogP contribution is 2.30. The Labute approximate surface area is 126 Å². The van der Waals surface area contributed by atoms with Gasteiger partial charge in [-0.2, -0.15) is 0 Å². The molecule has 0 spiro atoms. The summed E-state index contributed by atoms with van der Waals surface area (Å²) in [5.41, 5.74) is 1.36. The second-order valence-electron chi connectivity index (χ2n) is 6.41. The molecule has 0 radical (unpaired) electrons. The molecule has 1 aromatic carbocycles. The third-order valence-corrected chi connectivity index (χ3v) is 4.84. The van der Waals surface area contributed by atoms with Gasteiger partial charge in [0.25, 0.3) is 0 Å². The molecule has 114 valence electrons. The van der Waals surface area contributed by atoms with Crippen LogP contribution in [-0.4, -0.2) is 23.1 Å². The summed E-state index contributed by atoms with van der Waals surface area (Å²) in [6.45, 7) is 0.761. The van der Waals surface area contributed by atoms with Crippen LogP contribution in [0.1, 0.15) is 56.1 Å². The number of carbonyl (C=O) groups excluding carboxylic acids is 1. The molecule has 1 aromatic rings. The second kappa shape index (κ2) is 6.18. The van der Waals surface area contributed by atoms with Crippen molar-refractivity contribution in [3.8, 4) is 5.75 Å². The summed E-state index contributed by atoms with van der Waals surface area (Å²) >= 11 is 0. The summed E-state index contributed by atoms with van der Waals surface area (Å²) in [6, 6.07) is 6.18. The number of ether oxygens (including phenoxy) is 1. The molecule has 0 saturated heterocycles. The molecule has 3 nitrogen and oxygen atoms in total. The van der Waals surface area contributed by atoms with Crippen LogP contribution in [-0.2, 0) is 17.6 Å². The number of rotatable bonds is 4. The van der Waals surface area contributed by atoms with Crippen LogP contribution in [0.4, 0.5) is 0 Å². The normalized spacial score (nSPS) is 20.4. The fourth-order valence-electron chi connectivity index (χ4n) is 3.48. The Hall–Kier alpha value is -1.35. The van der Waals surface area contributed by atoms with Crippen molar-refractivity contribution in [1.29, 1.82) is 0 Å².